The molecule has 0 saturated heterocycles. The monoisotopic (exact) mass is 443 g/mol. The first-order valence-electron chi connectivity index (χ1n) is 10.1. The van der Waals surface area contributed by atoms with Crippen molar-refractivity contribution in [3.63, 3.8) is 0 Å². The number of carbonyl (C=O) groups is 2. The van der Waals surface area contributed by atoms with Crippen LogP contribution in [0.15, 0.2) is 36.4 Å². The number of hydrogen-bond donors (Lipinski definition) is 0. The molecule has 166 valence electrons. The van der Waals surface area contributed by atoms with Crippen molar-refractivity contribution in [3.8, 4) is 5.69 Å². The van der Waals surface area contributed by atoms with Gasteiger partial charge in [-0.2, -0.15) is 5.10 Å². The molecule has 1 aromatic heterocycles. The molecular formula is C23H20F3N3O3. The lowest BCUT2D eigenvalue weighted by atomic mass is 10.0. The lowest BCUT2D eigenvalue weighted by Crippen LogP contribution is -2.37. The first kappa shape index (κ1) is 21.6. The molecule has 32 heavy (non-hydrogen) atoms. The van der Waals surface area contributed by atoms with Gasteiger partial charge in [0.15, 0.2) is 23.1 Å². The van der Waals surface area contributed by atoms with E-state index in [2.05, 4.69) is 5.10 Å². The zero-order valence-electron chi connectivity index (χ0n) is 17.5. The van der Waals surface area contributed by atoms with Crippen LogP contribution in [0.4, 0.5) is 13.2 Å². The number of benzene rings is 2. The molecule has 0 N–H and O–H groups in total. The molecule has 0 spiro atoms. The Morgan fingerprint density at radius 3 is 2.47 bits per heavy atom. The fourth-order valence-corrected chi connectivity index (χ4v) is 3.72. The zero-order valence-corrected chi connectivity index (χ0v) is 17.5. The molecule has 0 radical (unpaired) electrons. The summed E-state index contributed by atoms with van der Waals surface area (Å²) >= 11 is 0. The third-order valence-corrected chi connectivity index (χ3v) is 5.36. The molecule has 9 heteroatoms. The third kappa shape index (κ3) is 3.74. The first-order valence-corrected chi connectivity index (χ1v) is 10.1. The number of rotatable bonds is 4. The number of nitrogens with zero attached hydrogens (tertiary/aromatic N) is 3. The van der Waals surface area contributed by atoms with Crippen molar-refractivity contribution in [1.82, 2.24) is 14.7 Å². The average Bonchev–Trinajstić information content (AvgIpc) is 3.17. The molecule has 0 bridgehead atoms. The van der Waals surface area contributed by atoms with E-state index in [0.717, 1.165) is 23.0 Å². The van der Waals surface area contributed by atoms with Crippen LogP contribution < -0.4 is 0 Å². The van der Waals surface area contributed by atoms with E-state index < -0.39 is 34.9 Å². The quantitative estimate of drug-likeness (QED) is 0.452. The summed E-state index contributed by atoms with van der Waals surface area (Å²) in [6.07, 6.45) is 0.326. The smallest absolute Gasteiger partial charge is 0.359 e. The van der Waals surface area contributed by atoms with Crippen molar-refractivity contribution in [2.75, 3.05) is 13.2 Å². The zero-order chi connectivity index (χ0) is 23.0. The predicted molar refractivity (Wildman–Crippen MR) is 109 cm³/mol. The Balaban J connectivity index is 1.73. The Hall–Kier alpha value is -3.62. The van der Waals surface area contributed by atoms with E-state index in [1.165, 1.54) is 4.90 Å². The number of amides is 1. The molecule has 1 aliphatic rings. The van der Waals surface area contributed by atoms with Crippen LogP contribution >= 0.6 is 0 Å². The molecule has 0 unspecified atom stereocenters. The van der Waals surface area contributed by atoms with Crippen LogP contribution in [-0.4, -0.2) is 39.7 Å². The minimum atomic E-state index is -1.70. The summed E-state index contributed by atoms with van der Waals surface area (Å²) in [6.45, 7) is 3.90. The second-order valence-electron chi connectivity index (χ2n) is 7.44. The van der Waals surface area contributed by atoms with Gasteiger partial charge in [-0.15, -0.1) is 0 Å². The van der Waals surface area contributed by atoms with Crippen LogP contribution in [0, 0.1) is 24.4 Å². The largest absolute Gasteiger partial charge is 0.461 e. The molecule has 1 amide bonds. The van der Waals surface area contributed by atoms with Gasteiger partial charge in [0.2, 0.25) is 0 Å². The number of halogens is 3. The summed E-state index contributed by atoms with van der Waals surface area (Å²) < 4.78 is 47.8. The summed E-state index contributed by atoms with van der Waals surface area (Å²) in [5.74, 6) is -6.05. The molecular weight excluding hydrogens is 423 g/mol. The van der Waals surface area contributed by atoms with Gasteiger partial charge in [0.05, 0.1) is 30.1 Å². The molecule has 2 heterocycles. The highest BCUT2D eigenvalue weighted by atomic mass is 19.2. The molecule has 0 saturated carbocycles. The van der Waals surface area contributed by atoms with Crippen LogP contribution in [0.2, 0.25) is 0 Å². The summed E-state index contributed by atoms with van der Waals surface area (Å²) in [5.41, 5.74) is 2.50. The first-order chi connectivity index (χ1) is 15.3. The fourth-order valence-electron chi connectivity index (χ4n) is 3.72. The van der Waals surface area contributed by atoms with Gasteiger partial charge in [-0.25, -0.2) is 22.6 Å². The Morgan fingerprint density at radius 2 is 1.78 bits per heavy atom. The van der Waals surface area contributed by atoms with Crippen LogP contribution in [0.3, 0.4) is 0 Å². The van der Waals surface area contributed by atoms with E-state index in [9.17, 15) is 22.8 Å². The Kier molecular flexibility index (Phi) is 5.73. The maximum Gasteiger partial charge on any atom is 0.359 e. The Bertz CT molecular complexity index is 1210. The summed E-state index contributed by atoms with van der Waals surface area (Å²) in [6, 6.07) is 9.18. The lowest BCUT2D eigenvalue weighted by molar-refractivity contribution is 0.0513. The van der Waals surface area contributed by atoms with E-state index in [1.807, 2.05) is 31.2 Å². The SMILES string of the molecule is CCOC(=O)c1nn(-c2ccc(C)cc2)c2c1CN(C(=O)c1ccc(F)c(F)c1F)CC2. The number of carbonyl (C=O) groups excluding carboxylic acids is 2. The van der Waals surface area contributed by atoms with Gasteiger partial charge in [0.25, 0.3) is 5.91 Å². The number of hydrogen-bond acceptors (Lipinski definition) is 4. The third-order valence-electron chi connectivity index (χ3n) is 5.36. The van der Waals surface area contributed by atoms with E-state index in [1.54, 1.807) is 11.6 Å². The Labute approximate surface area is 182 Å². The van der Waals surface area contributed by atoms with E-state index in [4.69, 9.17) is 4.74 Å². The summed E-state index contributed by atoms with van der Waals surface area (Å²) in [4.78, 5) is 26.7. The van der Waals surface area contributed by atoms with Crippen molar-refractivity contribution >= 4 is 11.9 Å². The van der Waals surface area contributed by atoms with E-state index in [-0.39, 0.29) is 25.4 Å². The maximum atomic E-state index is 14.2. The number of esters is 1. The van der Waals surface area contributed by atoms with Crippen molar-refractivity contribution in [1.29, 1.82) is 0 Å². The molecule has 0 aliphatic carbocycles. The van der Waals surface area contributed by atoms with E-state index >= 15 is 0 Å². The molecule has 2 aromatic carbocycles. The highest BCUT2D eigenvalue weighted by molar-refractivity contribution is 5.95. The molecule has 4 rings (SSSR count). The molecule has 0 atom stereocenters. The number of aryl methyl sites for hydroxylation is 1. The van der Waals surface area contributed by atoms with Crippen molar-refractivity contribution in [2.24, 2.45) is 0 Å². The highest BCUT2D eigenvalue weighted by Gasteiger charge is 2.33. The van der Waals surface area contributed by atoms with Gasteiger partial charge >= 0.3 is 5.97 Å². The number of aromatic nitrogens is 2. The minimum absolute atomic E-state index is 0.0490. The van der Waals surface area contributed by atoms with Crippen LogP contribution in [0.1, 0.15) is 44.6 Å². The van der Waals surface area contributed by atoms with Crippen molar-refractivity contribution in [2.45, 2.75) is 26.8 Å². The number of ether oxygens (including phenoxy) is 1. The van der Waals surface area contributed by atoms with Gasteiger partial charge in [0.1, 0.15) is 0 Å². The highest BCUT2D eigenvalue weighted by Crippen LogP contribution is 2.28. The normalized spacial score (nSPS) is 13.1. The second-order valence-corrected chi connectivity index (χ2v) is 7.44. The maximum absolute atomic E-state index is 14.2. The summed E-state index contributed by atoms with van der Waals surface area (Å²) in [5, 5.41) is 4.44. The Morgan fingerprint density at radius 1 is 1.06 bits per heavy atom. The van der Waals surface area contributed by atoms with Crippen LogP contribution in [0.5, 0.6) is 0 Å². The molecule has 1 aliphatic heterocycles. The van der Waals surface area contributed by atoms with Gasteiger partial charge in [-0.3, -0.25) is 4.79 Å². The van der Waals surface area contributed by atoms with Crippen molar-refractivity contribution < 1.29 is 27.5 Å². The van der Waals surface area contributed by atoms with Gasteiger partial charge in [0, 0.05) is 18.5 Å². The fraction of sp³-hybridized carbons (Fsp3) is 0.261. The standard InChI is InChI=1S/C23H20F3N3O3/c1-3-32-23(31)21-16-12-28(22(30)15-8-9-17(24)20(26)19(15)25)11-10-18(16)29(27-21)14-6-4-13(2)5-7-14/h4-9H,3,10-12H2,1-2H3. The minimum Gasteiger partial charge on any atom is -0.461 e. The average molecular weight is 443 g/mol. The second kappa shape index (κ2) is 8.49. The lowest BCUT2D eigenvalue weighted by Gasteiger charge is -2.28. The van der Waals surface area contributed by atoms with Crippen LogP contribution in [-0.2, 0) is 17.7 Å². The van der Waals surface area contributed by atoms with E-state index in [0.29, 0.717) is 18.1 Å². The number of fused-ring (bicyclic) bond motifs is 1. The topological polar surface area (TPSA) is 64.4 Å². The molecule has 3 aromatic rings. The van der Waals surface area contributed by atoms with Crippen LogP contribution in [0.25, 0.3) is 5.69 Å². The van der Waals surface area contributed by atoms with Gasteiger partial charge in [-0.05, 0) is 38.1 Å². The van der Waals surface area contributed by atoms with Gasteiger partial charge < -0.3 is 9.64 Å². The summed E-state index contributed by atoms with van der Waals surface area (Å²) in [7, 11) is 0. The molecule has 6 nitrogen and oxygen atoms in total. The van der Waals surface area contributed by atoms with Gasteiger partial charge in [-0.1, -0.05) is 17.7 Å². The predicted octanol–water partition coefficient (Wildman–Crippen LogP) is 3.97. The molecule has 0 fully saturated rings. The van der Waals surface area contributed by atoms with Crippen molar-refractivity contribution in [3.05, 3.63) is 81.9 Å².